The molecule has 0 spiro atoms. The van der Waals surface area contributed by atoms with Gasteiger partial charge in [-0.15, -0.1) is 11.8 Å². The van der Waals surface area contributed by atoms with Gasteiger partial charge in [-0.2, -0.15) is 5.10 Å². The van der Waals surface area contributed by atoms with Crippen LogP contribution in [0.25, 0.3) is 5.82 Å². The highest BCUT2D eigenvalue weighted by Crippen LogP contribution is 2.14. The zero-order valence-corrected chi connectivity index (χ0v) is 17.4. The Bertz CT molecular complexity index is 1010. The average Bonchev–Trinajstić information content (AvgIpc) is 3.00. The maximum absolute atomic E-state index is 12.1. The van der Waals surface area contributed by atoms with Crippen molar-refractivity contribution in [2.45, 2.75) is 20.8 Å². The number of anilines is 2. The standard InChI is InChI=1S/C21H23N5O2S/c1-14-5-4-6-17(9-14)23-20(27)12-29-13-21(28)24-18-7-8-19(22-11-18)26-16(3)10-15(2)25-26/h4-11H,12-13H2,1-3H3,(H,23,27)(H,24,28). The Morgan fingerprint density at radius 2 is 1.69 bits per heavy atom. The molecule has 0 aliphatic heterocycles. The molecule has 8 heteroatoms. The summed E-state index contributed by atoms with van der Waals surface area (Å²) in [6.45, 7) is 5.86. The normalized spacial score (nSPS) is 10.6. The SMILES string of the molecule is Cc1cccc(NC(=O)CSCC(=O)Nc2ccc(-n3nc(C)cc3C)nc2)c1. The summed E-state index contributed by atoms with van der Waals surface area (Å²) in [6, 6.07) is 13.2. The first kappa shape index (κ1) is 20.6. The number of aromatic nitrogens is 3. The van der Waals surface area contributed by atoms with E-state index in [2.05, 4.69) is 20.7 Å². The Morgan fingerprint density at radius 3 is 2.28 bits per heavy atom. The minimum absolute atomic E-state index is 0.135. The van der Waals surface area contributed by atoms with Crippen molar-refractivity contribution in [3.05, 3.63) is 65.6 Å². The van der Waals surface area contributed by atoms with Crippen LogP contribution in [-0.4, -0.2) is 38.1 Å². The first-order valence-electron chi connectivity index (χ1n) is 9.14. The maximum atomic E-state index is 12.1. The number of carbonyl (C=O) groups is 2. The highest BCUT2D eigenvalue weighted by atomic mass is 32.2. The van der Waals surface area contributed by atoms with Crippen molar-refractivity contribution < 1.29 is 9.59 Å². The molecule has 0 saturated heterocycles. The predicted octanol–water partition coefficient (Wildman–Crippen LogP) is 3.50. The zero-order valence-electron chi connectivity index (χ0n) is 16.6. The first-order valence-corrected chi connectivity index (χ1v) is 10.3. The summed E-state index contributed by atoms with van der Waals surface area (Å²) in [7, 11) is 0. The van der Waals surface area contributed by atoms with Crippen LogP contribution in [0.1, 0.15) is 17.0 Å². The van der Waals surface area contributed by atoms with Gasteiger partial charge in [0.1, 0.15) is 0 Å². The van der Waals surface area contributed by atoms with Gasteiger partial charge in [0, 0.05) is 11.4 Å². The van der Waals surface area contributed by atoms with E-state index >= 15 is 0 Å². The third-order valence-corrected chi connectivity index (χ3v) is 4.96. The number of pyridine rings is 1. The third-order valence-electron chi connectivity index (χ3n) is 4.03. The van der Waals surface area contributed by atoms with Crippen molar-refractivity contribution in [3.63, 3.8) is 0 Å². The second-order valence-corrected chi connectivity index (χ2v) is 7.69. The summed E-state index contributed by atoms with van der Waals surface area (Å²) in [5.74, 6) is 0.760. The molecule has 3 rings (SSSR count). The van der Waals surface area contributed by atoms with Gasteiger partial charge in [-0.1, -0.05) is 12.1 Å². The van der Waals surface area contributed by atoms with Crippen molar-refractivity contribution in [2.75, 3.05) is 22.1 Å². The molecule has 0 radical (unpaired) electrons. The lowest BCUT2D eigenvalue weighted by Crippen LogP contribution is -2.18. The lowest BCUT2D eigenvalue weighted by molar-refractivity contribution is -0.114. The van der Waals surface area contributed by atoms with Crippen LogP contribution in [0.15, 0.2) is 48.7 Å². The molecule has 0 unspecified atom stereocenters. The highest BCUT2D eigenvalue weighted by molar-refractivity contribution is 8.00. The fourth-order valence-electron chi connectivity index (χ4n) is 2.80. The van der Waals surface area contributed by atoms with E-state index in [4.69, 9.17) is 0 Å². The quantitative estimate of drug-likeness (QED) is 0.623. The molecular weight excluding hydrogens is 386 g/mol. The number of hydrogen-bond donors (Lipinski definition) is 2. The molecule has 29 heavy (non-hydrogen) atoms. The molecular formula is C21H23N5O2S. The van der Waals surface area contributed by atoms with Crippen molar-refractivity contribution in [3.8, 4) is 5.82 Å². The number of thioether (sulfide) groups is 1. The van der Waals surface area contributed by atoms with Crippen LogP contribution in [-0.2, 0) is 9.59 Å². The van der Waals surface area contributed by atoms with E-state index in [1.165, 1.54) is 11.8 Å². The molecule has 2 N–H and O–H groups in total. The first-order chi connectivity index (χ1) is 13.9. The molecule has 2 amide bonds. The van der Waals surface area contributed by atoms with Crippen molar-refractivity contribution >= 4 is 35.0 Å². The molecule has 0 fully saturated rings. The van der Waals surface area contributed by atoms with E-state index in [-0.39, 0.29) is 23.3 Å². The topological polar surface area (TPSA) is 88.9 Å². The van der Waals surface area contributed by atoms with E-state index in [9.17, 15) is 9.59 Å². The van der Waals surface area contributed by atoms with E-state index in [1.807, 2.05) is 51.1 Å². The molecule has 150 valence electrons. The number of nitrogens with one attached hydrogen (secondary N) is 2. The van der Waals surface area contributed by atoms with Crippen molar-refractivity contribution in [1.29, 1.82) is 0 Å². The van der Waals surface area contributed by atoms with Gasteiger partial charge in [0.05, 0.1) is 29.1 Å². The number of rotatable bonds is 7. The van der Waals surface area contributed by atoms with Gasteiger partial charge >= 0.3 is 0 Å². The van der Waals surface area contributed by atoms with Gasteiger partial charge < -0.3 is 10.6 Å². The summed E-state index contributed by atoms with van der Waals surface area (Å²) in [5.41, 5.74) is 4.35. The summed E-state index contributed by atoms with van der Waals surface area (Å²) in [6.07, 6.45) is 1.60. The van der Waals surface area contributed by atoms with Crippen LogP contribution < -0.4 is 10.6 Å². The lowest BCUT2D eigenvalue weighted by Gasteiger charge is -2.08. The number of aryl methyl sites for hydroxylation is 3. The number of amides is 2. The number of hydrogen-bond acceptors (Lipinski definition) is 5. The molecule has 3 aromatic rings. The van der Waals surface area contributed by atoms with E-state index in [0.717, 1.165) is 22.6 Å². The third kappa shape index (κ3) is 5.92. The Hall–Kier alpha value is -3.13. The van der Waals surface area contributed by atoms with Crippen LogP contribution in [0, 0.1) is 20.8 Å². The molecule has 0 atom stereocenters. The van der Waals surface area contributed by atoms with Crippen LogP contribution in [0.2, 0.25) is 0 Å². The van der Waals surface area contributed by atoms with Gasteiger partial charge in [0.25, 0.3) is 0 Å². The second kappa shape index (κ2) is 9.38. The monoisotopic (exact) mass is 409 g/mol. The molecule has 2 heterocycles. The number of benzene rings is 1. The zero-order chi connectivity index (χ0) is 20.8. The molecule has 2 aromatic heterocycles. The van der Waals surface area contributed by atoms with Crippen molar-refractivity contribution in [2.24, 2.45) is 0 Å². The van der Waals surface area contributed by atoms with Gasteiger partial charge in [-0.25, -0.2) is 9.67 Å². The minimum Gasteiger partial charge on any atom is -0.325 e. The Balaban J connectivity index is 1.44. The number of carbonyl (C=O) groups excluding carboxylic acids is 2. The fraction of sp³-hybridized carbons (Fsp3) is 0.238. The Kier molecular flexibility index (Phi) is 6.66. The summed E-state index contributed by atoms with van der Waals surface area (Å²) in [5, 5.41) is 10.0. The molecule has 1 aromatic carbocycles. The largest absolute Gasteiger partial charge is 0.325 e. The average molecular weight is 410 g/mol. The summed E-state index contributed by atoms with van der Waals surface area (Å²) < 4.78 is 1.75. The maximum Gasteiger partial charge on any atom is 0.234 e. The molecule has 0 aliphatic carbocycles. The summed E-state index contributed by atoms with van der Waals surface area (Å²) >= 11 is 1.26. The fourth-order valence-corrected chi connectivity index (χ4v) is 3.42. The number of nitrogens with zero attached hydrogens (tertiary/aromatic N) is 3. The predicted molar refractivity (Wildman–Crippen MR) is 117 cm³/mol. The smallest absolute Gasteiger partial charge is 0.234 e. The molecule has 0 aliphatic rings. The van der Waals surface area contributed by atoms with Gasteiger partial charge in [0.15, 0.2) is 5.82 Å². The highest BCUT2D eigenvalue weighted by Gasteiger charge is 2.08. The van der Waals surface area contributed by atoms with Gasteiger partial charge in [-0.05, 0) is 56.7 Å². The molecule has 0 saturated carbocycles. The van der Waals surface area contributed by atoms with Crippen LogP contribution in [0.4, 0.5) is 11.4 Å². The van der Waals surface area contributed by atoms with E-state index in [0.29, 0.717) is 11.5 Å². The van der Waals surface area contributed by atoms with Crippen molar-refractivity contribution in [1.82, 2.24) is 14.8 Å². The van der Waals surface area contributed by atoms with Crippen LogP contribution in [0.5, 0.6) is 0 Å². The molecule has 7 nitrogen and oxygen atoms in total. The second-order valence-electron chi connectivity index (χ2n) is 6.70. The minimum atomic E-state index is -0.181. The van der Waals surface area contributed by atoms with Gasteiger partial charge in [0.2, 0.25) is 11.8 Å². The molecule has 0 bridgehead atoms. The van der Waals surface area contributed by atoms with E-state index in [1.54, 1.807) is 23.0 Å². The van der Waals surface area contributed by atoms with Gasteiger partial charge in [-0.3, -0.25) is 9.59 Å². The van der Waals surface area contributed by atoms with Crippen LogP contribution >= 0.6 is 11.8 Å². The summed E-state index contributed by atoms with van der Waals surface area (Å²) in [4.78, 5) is 28.4. The van der Waals surface area contributed by atoms with Crippen LogP contribution in [0.3, 0.4) is 0 Å². The van der Waals surface area contributed by atoms with E-state index < -0.39 is 0 Å². The Morgan fingerprint density at radius 1 is 0.966 bits per heavy atom. The Labute approximate surface area is 173 Å². The lowest BCUT2D eigenvalue weighted by atomic mass is 10.2.